The summed E-state index contributed by atoms with van der Waals surface area (Å²) in [5, 5.41) is 0.490. The summed E-state index contributed by atoms with van der Waals surface area (Å²) in [4.78, 5) is 4.28. The molecule has 0 aliphatic rings. The van der Waals surface area contributed by atoms with E-state index in [0.29, 0.717) is 12.0 Å². The molecule has 1 aromatic carbocycles. The van der Waals surface area contributed by atoms with Gasteiger partial charge in [0.15, 0.2) is 0 Å². The highest BCUT2D eigenvalue weighted by Crippen LogP contribution is 2.19. The Morgan fingerprint density at radius 3 is 2.88 bits per heavy atom. The highest BCUT2D eigenvalue weighted by molar-refractivity contribution is 6.55. The van der Waals surface area contributed by atoms with E-state index in [1.54, 1.807) is 0 Å². The first-order valence-electron chi connectivity index (χ1n) is 5.66. The molecule has 17 heavy (non-hydrogen) atoms. The van der Waals surface area contributed by atoms with Crippen LogP contribution in [0.5, 0.6) is 0 Å². The van der Waals surface area contributed by atoms with Gasteiger partial charge in [0.2, 0.25) is 5.28 Å². The van der Waals surface area contributed by atoms with Gasteiger partial charge in [0.25, 0.3) is 0 Å². The van der Waals surface area contributed by atoms with Gasteiger partial charge in [0.1, 0.15) is 6.73 Å². The maximum Gasteiger partial charge on any atom is 0.310 e. The van der Waals surface area contributed by atoms with Crippen molar-refractivity contribution in [2.45, 2.75) is 25.9 Å². The summed E-state index contributed by atoms with van der Waals surface area (Å²) >= 11 is 6.09. The van der Waals surface area contributed by atoms with Gasteiger partial charge in [0.05, 0.1) is 36.8 Å². The van der Waals surface area contributed by atoms with Gasteiger partial charge in [-0.3, -0.25) is 4.57 Å². The van der Waals surface area contributed by atoms with Crippen LogP contribution in [0.1, 0.15) is 0 Å². The number of fused-ring (bicyclic) bond motifs is 1. The van der Waals surface area contributed by atoms with Gasteiger partial charge >= 0.3 is 8.80 Å². The zero-order valence-corrected chi connectivity index (χ0v) is 11.9. The van der Waals surface area contributed by atoms with Crippen molar-refractivity contribution in [3.63, 3.8) is 0 Å². The molecule has 0 radical (unpaired) electrons. The second-order valence-corrected chi connectivity index (χ2v) is 7.54. The predicted molar refractivity (Wildman–Crippen MR) is 73.0 cm³/mol. The summed E-state index contributed by atoms with van der Waals surface area (Å²) in [5.41, 5.74) is 1.94. The molecule has 0 atom stereocenters. The number of ether oxygens (including phenoxy) is 1. The molecule has 0 aliphatic heterocycles. The van der Waals surface area contributed by atoms with E-state index in [1.165, 1.54) is 0 Å². The maximum atomic E-state index is 6.09. The number of rotatable bonds is 5. The Hall–Kier alpha value is -0.843. The summed E-state index contributed by atoms with van der Waals surface area (Å²) in [7, 11) is -0.210. The predicted octanol–water partition coefficient (Wildman–Crippen LogP) is 3.42. The van der Waals surface area contributed by atoms with E-state index in [-0.39, 0.29) is 8.80 Å². The van der Waals surface area contributed by atoms with Crippen LogP contribution in [0.4, 0.5) is 0 Å². The molecule has 0 fully saturated rings. The molecule has 3 nitrogen and oxygen atoms in total. The van der Waals surface area contributed by atoms with Crippen LogP contribution in [-0.4, -0.2) is 25.0 Å². The van der Waals surface area contributed by atoms with Crippen LogP contribution < -0.4 is 0 Å². The van der Waals surface area contributed by atoms with Crippen LogP contribution >= 0.6 is 11.6 Å². The van der Waals surface area contributed by atoms with Gasteiger partial charge in [-0.15, -0.1) is 0 Å². The molecule has 0 unspecified atom stereocenters. The van der Waals surface area contributed by atoms with E-state index in [9.17, 15) is 0 Å². The van der Waals surface area contributed by atoms with Crippen molar-refractivity contribution < 1.29 is 4.74 Å². The van der Waals surface area contributed by atoms with Crippen molar-refractivity contribution in [3.8, 4) is 0 Å². The third-order valence-corrected chi connectivity index (χ3v) is 4.07. The Morgan fingerprint density at radius 2 is 2.12 bits per heavy atom. The summed E-state index contributed by atoms with van der Waals surface area (Å²) in [6.07, 6.45) is 0. The number of benzene rings is 1. The zero-order valence-electron chi connectivity index (χ0n) is 10.1. The number of hydrogen-bond acceptors (Lipinski definition) is 2. The third kappa shape index (κ3) is 3.09. The van der Waals surface area contributed by atoms with Gasteiger partial charge in [-0.05, 0) is 23.7 Å². The molecule has 2 rings (SSSR count). The SMILES string of the molecule is C[Si+](C)CCOCn1c(Cl)nc2ccccc21. The van der Waals surface area contributed by atoms with Crippen LogP contribution in [-0.2, 0) is 11.5 Å². The second-order valence-electron chi connectivity index (χ2n) is 4.29. The fourth-order valence-electron chi connectivity index (χ4n) is 1.60. The third-order valence-electron chi connectivity index (χ3n) is 2.57. The number of imidazole rings is 1. The second kappa shape index (κ2) is 5.66. The first kappa shape index (κ1) is 12.6. The Labute approximate surface area is 108 Å². The summed E-state index contributed by atoms with van der Waals surface area (Å²) in [5.74, 6) is 0. The van der Waals surface area contributed by atoms with Crippen LogP contribution in [0.15, 0.2) is 24.3 Å². The molecule has 0 spiro atoms. The molecule has 5 heteroatoms. The lowest BCUT2D eigenvalue weighted by Crippen LogP contribution is -2.08. The van der Waals surface area contributed by atoms with Gasteiger partial charge < -0.3 is 4.74 Å². The van der Waals surface area contributed by atoms with Gasteiger partial charge in [0, 0.05) is 0 Å². The molecule has 0 aliphatic carbocycles. The molecular weight excluding hydrogens is 252 g/mol. The topological polar surface area (TPSA) is 27.1 Å². The monoisotopic (exact) mass is 267 g/mol. The van der Waals surface area contributed by atoms with Crippen molar-refractivity contribution in [3.05, 3.63) is 29.5 Å². The Balaban J connectivity index is 2.05. The highest BCUT2D eigenvalue weighted by atomic mass is 35.5. The number of halogens is 1. The standard InChI is InChI=1S/C12H16ClN2OSi/c1-17(2)8-7-16-9-15-11-6-4-3-5-10(11)14-12(15)13/h3-6H,7-9H2,1-2H3/q+1. The lowest BCUT2D eigenvalue weighted by molar-refractivity contribution is 0.0904. The summed E-state index contributed by atoms with van der Waals surface area (Å²) < 4.78 is 7.54. The fourth-order valence-corrected chi connectivity index (χ4v) is 2.38. The molecule has 0 amide bonds. The van der Waals surface area contributed by atoms with E-state index < -0.39 is 0 Å². The van der Waals surface area contributed by atoms with Gasteiger partial charge in [-0.2, -0.15) is 0 Å². The quantitative estimate of drug-likeness (QED) is 0.613. The average Bonchev–Trinajstić information content (AvgIpc) is 2.60. The lowest BCUT2D eigenvalue weighted by Gasteiger charge is -2.05. The summed E-state index contributed by atoms with van der Waals surface area (Å²) in [6, 6.07) is 9.06. The molecule has 0 N–H and O–H groups in total. The van der Waals surface area contributed by atoms with Gasteiger partial charge in [-0.25, -0.2) is 4.98 Å². The number of aromatic nitrogens is 2. The van der Waals surface area contributed by atoms with Crippen LogP contribution in [0.25, 0.3) is 11.0 Å². The molecule has 90 valence electrons. The fraction of sp³-hybridized carbons (Fsp3) is 0.417. The van der Waals surface area contributed by atoms with E-state index in [4.69, 9.17) is 16.3 Å². The molecule has 0 saturated heterocycles. The van der Waals surface area contributed by atoms with E-state index in [2.05, 4.69) is 18.1 Å². The van der Waals surface area contributed by atoms with E-state index in [0.717, 1.165) is 23.7 Å². The average molecular weight is 268 g/mol. The molecular formula is C12H16ClN2OSi+. The van der Waals surface area contributed by atoms with E-state index in [1.807, 2.05) is 28.8 Å². The van der Waals surface area contributed by atoms with Crippen molar-refractivity contribution in [2.24, 2.45) is 0 Å². The van der Waals surface area contributed by atoms with Crippen LogP contribution in [0, 0.1) is 0 Å². The minimum Gasteiger partial charge on any atom is -0.358 e. The zero-order chi connectivity index (χ0) is 12.3. The van der Waals surface area contributed by atoms with Crippen LogP contribution in [0.3, 0.4) is 0 Å². The number of hydrogen-bond donors (Lipinski definition) is 0. The molecule has 0 bridgehead atoms. The first-order valence-corrected chi connectivity index (χ1v) is 8.74. The smallest absolute Gasteiger partial charge is 0.310 e. The maximum absolute atomic E-state index is 6.09. The minimum atomic E-state index is -0.210. The molecule has 0 saturated carbocycles. The Morgan fingerprint density at radius 1 is 1.35 bits per heavy atom. The normalized spacial score (nSPS) is 11.0. The van der Waals surface area contributed by atoms with Crippen molar-refractivity contribution in [1.82, 2.24) is 9.55 Å². The molecule has 2 aromatic rings. The van der Waals surface area contributed by atoms with Gasteiger partial charge in [-0.1, -0.05) is 12.1 Å². The molecule has 1 heterocycles. The molecule has 1 aromatic heterocycles. The minimum absolute atomic E-state index is 0.210. The first-order chi connectivity index (χ1) is 8.18. The number of para-hydroxylation sites is 2. The Bertz CT molecular complexity index is 498. The lowest BCUT2D eigenvalue weighted by atomic mass is 10.3. The Kier molecular flexibility index (Phi) is 4.20. The largest absolute Gasteiger partial charge is 0.358 e. The number of nitrogens with zero attached hydrogens (tertiary/aromatic N) is 2. The van der Waals surface area contributed by atoms with Crippen molar-refractivity contribution >= 4 is 31.4 Å². The van der Waals surface area contributed by atoms with Crippen molar-refractivity contribution in [1.29, 1.82) is 0 Å². The van der Waals surface area contributed by atoms with E-state index >= 15 is 0 Å². The van der Waals surface area contributed by atoms with Crippen LogP contribution in [0.2, 0.25) is 24.4 Å². The highest BCUT2D eigenvalue weighted by Gasteiger charge is 2.11. The summed E-state index contributed by atoms with van der Waals surface area (Å²) in [6.45, 7) is 5.85. The van der Waals surface area contributed by atoms with Crippen molar-refractivity contribution in [2.75, 3.05) is 6.61 Å².